The van der Waals surface area contributed by atoms with Crippen LogP contribution in [0.25, 0.3) is 10.9 Å². The predicted octanol–water partition coefficient (Wildman–Crippen LogP) is 4.46. The summed E-state index contributed by atoms with van der Waals surface area (Å²) >= 11 is 0. The van der Waals surface area contributed by atoms with Gasteiger partial charge < -0.3 is 14.2 Å². The third kappa shape index (κ3) is 3.36. The molecular formula is C19H26N2O2. The number of carbonyl (C=O) groups excluding carboxylic acids is 1. The van der Waals surface area contributed by atoms with E-state index in [9.17, 15) is 4.79 Å². The van der Waals surface area contributed by atoms with Crippen LogP contribution in [-0.2, 0) is 4.74 Å². The fourth-order valence-corrected chi connectivity index (χ4v) is 3.43. The molecule has 0 aliphatic carbocycles. The van der Waals surface area contributed by atoms with Gasteiger partial charge in [-0.1, -0.05) is 25.1 Å². The van der Waals surface area contributed by atoms with Crippen molar-refractivity contribution < 1.29 is 9.53 Å². The molecule has 124 valence electrons. The number of fused-ring (bicyclic) bond motifs is 1. The maximum Gasteiger partial charge on any atom is 0.410 e. The summed E-state index contributed by atoms with van der Waals surface area (Å²) in [6.45, 7) is 9.44. The average Bonchev–Trinajstić information content (AvgIpc) is 2.89. The zero-order valence-electron chi connectivity index (χ0n) is 14.5. The Morgan fingerprint density at radius 3 is 2.65 bits per heavy atom. The molecule has 1 saturated heterocycles. The van der Waals surface area contributed by atoms with E-state index in [0.29, 0.717) is 12.0 Å². The highest BCUT2D eigenvalue weighted by molar-refractivity contribution is 5.80. The highest BCUT2D eigenvalue weighted by Crippen LogP contribution is 2.32. The van der Waals surface area contributed by atoms with Crippen molar-refractivity contribution in [2.24, 2.45) is 5.92 Å². The van der Waals surface area contributed by atoms with E-state index in [1.807, 2.05) is 25.7 Å². The van der Waals surface area contributed by atoms with Gasteiger partial charge in [0.2, 0.25) is 0 Å². The first-order valence-corrected chi connectivity index (χ1v) is 8.38. The maximum absolute atomic E-state index is 12.3. The highest BCUT2D eigenvalue weighted by atomic mass is 16.6. The van der Waals surface area contributed by atoms with E-state index in [0.717, 1.165) is 19.5 Å². The zero-order valence-corrected chi connectivity index (χ0v) is 14.5. The third-order valence-electron chi connectivity index (χ3n) is 4.50. The number of likely N-dealkylation sites (tertiary alicyclic amines) is 1. The average molecular weight is 314 g/mol. The van der Waals surface area contributed by atoms with Gasteiger partial charge in [-0.2, -0.15) is 0 Å². The number of rotatable bonds is 1. The van der Waals surface area contributed by atoms with Gasteiger partial charge in [0.25, 0.3) is 0 Å². The van der Waals surface area contributed by atoms with E-state index in [-0.39, 0.29) is 6.09 Å². The van der Waals surface area contributed by atoms with Crippen LogP contribution in [0.1, 0.15) is 40.2 Å². The second-order valence-corrected chi connectivity index (χ2v) is 7.54. The molecule has 0 bridgehead atoms. The van der Waals surface area contributed by atoms with Crippen molar-refractivity contribution in [3.8, 4) is 0 Å². The van der Waals surface area contributed by atoms with Crippen LogP contribution < -0.4 is 0 Å². The lowest BCUT2D eigenvalue weighted by Gasteiger charge is -2.38. The van der Waals surface area contributed by atoms with E-state index >= 15 is 0 Å². The zero-order chi connectivity index (χ0) is 16.6. The van der Waals surface area contributed by atoms with Crippen molar-refractivity contribution in [2.45, 2.75) is 45.8 Å². The largest absolute Gasteiger partial charge is 0.444 e. The van der Waals surface area contributed by atoms with Crippen LogP contribution in [0, 0.1) is 5.92 Å². The van der Waals surface area contributed by atoms with Crippen LogP contribution >= 0.6 is 0 Å². The number of carbonyl (C=O) groups is 1. The summed E-state index contributed by atoms with van der Waals surface area (Å²) in [7, 11) is 0. The predicted molar refractivity (Wildman–Crippen MR) is 92.6 cm³/mol. The second-order valence-electron chi connectivity index (χ2n) is 7.54. The van der Waals surface area contributed by atoms with E-state index in [1.165, 1.54) is 10.9 Å². The number of aromatic nitrogens is 1. The van der Waals surface area contributed by atoms with Gasteiger partial charge in [-0.25, -0.2) is 4.79 Å². The molecule has 2 atom stereocenters. The smallest absolute Gasteiger partial charge is 0.410 e. The topological polar surface area (TPSA) is 34.5 Å². The van der Waals surface area contributed by atoms with Crippen LogP contribution in [0.2, 0.25) is 0 Å². The number of ether oxygens (including phenoxy) is 1. The summed E-state index contributed by atoms with van der Waals surface area (Å²) in [5.74, 6) is 0.395. The summed E-state index contributed by atoms with van der Waals surface area (Å²) in [6, 6.07) is 11.1. The first kappa shape index (κ1) is 15.9. The minimum absolute atomic E-state index is 0.194. The minimum Gasteiger partial charge on any atom is -0.444 e. The summed E-state index contributed by atoms with van der Waals surface area (Å²) in [5.41, 5.74) is 0.837. The molecule has 1 aromatic carbocycles. The SMILES string of the molecule is CC1CN(C(=O)OC(C)(C)C)CCC1n1ccc2ccccc21. The van der Waals surface area contributed by atoms with E-state index in [4.69, 9.17) is 4.74 Å². The van der Waals surface area contributed by atoms with Crippen molar-refractivity contribution in [3.05, 3.63) is 36.5 Å². The number of hydrogen-bond donors (Lipinski definition) is 0. The molecule has 0 spiro atoms. The van der Waals surface area contributed by atoms with Gasteiger partial charge in [-0.05, 0) is 50.6 Å². The first-order valence-electron chi connectivity index (χ1n) is 8.38. The van der Waals surface area contributed by atoms with Crippen molar-refractivity contribution in [1.82, 2.24) is 9.47 Å². The fourth-order valence-electron chi connectivity index (χ4n) is 3.43. The van der Waals surface area contributed by atoms with Crippen LogP contribution in [-0.4, -0.2) is 34.3 Å². The summed E-state index contributed by atoms with van der Waals surface area (Å²) in [5, 5.41) is 1.27. The summed E-state index contributed by atoms with van der Waals surface area (Å²) in [6.07, 6.45) is 2.94. The molecule has 0 saturated carbocycles. The molecule has 1 aliphatic heterocycles. The Morgan fingerprint density at radius 2 is 1.96 bits per heavy atom. The molecule has 4 heteroatoms. The molecule has 1 fully saturated rings. The lowest BCUT2D eigenvalue weighted by atomic mass is 9.93. The van der Waals surface area contributed by atoms with Crippen LogP contribution in [0.3, 0.4) is 0 Å². The number of para-hydroxylation sites is 1. The number of nitrogens with zero attached hydrogens (tertiary/aromatic N) is 2. The third-order valence-corrected chi connectivity index (χ3v) is 4.50. The van der Waals surface area contributed by atoms with Gasteiger partial charge in [-0.3, -0.25) is 0 Å². The van der Waals surface area contributed by atoms with Gasteiger partial charge in [-0.15, -0.1) is 0 Å². The second kappa shape index (κ2) is 5.91. The Morgan fingerprint density at radius 1 is 1.22 bits per heavy atom. The van der Waals surface area contributed by atoms with Gasteiger partial charge in [0.1, 0.15) is 5.60 Å². The van der Waals surface area contributed by atoms with Crippen molar-refractivity contribution >= 4 is 17.0 Å². The Bertz CT molecular complexity index is 699. The molecule has 1 aliphatic rings. The summed E-state index contributed by atoms with van der Waals surface area (Å²) in [4.78, 5) is 14.1. The Hall–Kier alpha value is -1.97. The maximum atomic E-state index is 12.3. The minimum atomic E-state index is -0.437. The number of piperidine rings is 1. The molecule has 4 nitrogen and oxygen atoms in total. The highest BCUT2D eigenvalue weighted by Gasteiger charge is 2.32. The van der Waals surface area contributed by atoms with Gasteiger partial charge >= 0.3 is 6.09 Å². The van der Waals surface area contributed by atoms with Crippen LogP contribution in [0.15, 0.2) is 36.5 Å². The van der Waals surface area contributed by atoms with E-state index in [1.54, 1.807) is 0 Å². The molecular weight excluding hydrogens is 288 g/mol. The molecule has 0 radical (unpaired) electrons. The lowest BCUT2D eigenvalue weighted by molar-refractivity contribution is 0.0127. The molecule has 3 rings (SSSR count). The van der Waals surface area contributed by atoms with Gasteiger partial charge in [0.05, 0.1) is 0 Å². The first-order chi connectivity index (χ1) is 10.8. The van der Waals surface area contributed by atoms with E-state index in [2.05, 4.69) is 48.0 Å². The molecule has 23 heavy (non-hydrogen) atoms. The molecule has 2 aromatic rings. The molecule has 1 aromatic heterocycles. The van der Waals surface area contributed by atoms with Gasteiger partial charge in [0, 0.05) is 30.8 Å². The molecule has 2 heterocycles. The van der Waals surface area contributed by atoms with Crippen molar-refractivity contribution in [1.29, 1.82) is 0 Å². The fraction of sp³-hybridized carbons (Fsp3) is 0.526. The molecule has 1 amide bonds. The summed E-state index contributed by atoms with van der Waals surface area (Å²) < 4.78 is 7.87. The van der Waals surface area contributed by atoms with Gasteiger partial charge in [0.15, 0.2) is 0 Å². The standard InChI is InChI=1S/C19H26N2O2/c1-14-13-20(18(22)23-19(2,3)4)11-10-16(14)21-12-9-15-7-5-6-8-17(15)21/h5-9,12,14,16H,10-11,13H2,1-4H3. The Kier molecular flexibility index (Phi) is 4.09. The number of benzene rings is 1. The van der Waals surface area contributed by atoms with Crippen molar-refractivity contribution in [2.75, 3.05) is 13.1 Å². The number of hydrogen-bond acceptors (Lipinski definition) is 2. The normalized spacial score (nSPS) is 22.3. The molecule has 0 N–H and O–H groups in total. The van der Waals surface area contributed by atoms with Crippen molar-refractivity contribution in [3.63, 3.8) is 0 Å². The van der Waals surface area contributed by atoms with E-state index < -0.39 is 5.60 Å². The molecule has 2 unspecified atom stereocenters. The number of amides is 1. The quantitative estimate of drug-likeness (QED) is 0.779. The monoisotopic (exact) mass is 314 g/mol. The Labute approximate surface area is 138 Å². The van der Waals surface area contributed by atoms with Crippen LogP contribution in [0.4, 0.5) is 4.79 Å². The Balaban J connectivity index is 1.73. The lowest BCUT2D eigenvalue weighted by Crippen LogP contribution is -2.45. The van der Waals surface area contributed by atoms with Crippen LogP contribution in [0.5, 0.6) is 0 Å².